The topological polar surface area (TPSA) is 12.0 Å². The van der Waals surface area contributed by atoms with Crippen molar-refractivity contribution in [2.75, 3.05) is 6.54 Å². The van der Waals surface area contributed by atoms with Gasteiger partial charge in [0.1, 0.15) is 5.02 Å². The van der Waals surface area contributed by atoms with Gasteiger partial charge in [0, 0.05) is 11.6 Å². The zero-order valence-corrected chi connectivity index (χ0v) is 11.1. The van der Waals surface area contributed by atoms with Crippen molar-refractivity contribution in [3.8, 4) is 0 Å². The predicted molar refractivity (Wildman–Crippen MR) is 63.6 cm³/mol. The highest BCUT2D eigenvalue weighted by Crippen LogP contribution is 2.37. The van der Waals surface area contributed by atoms with E-state index in [2.05, 4.69) is 21.2 Å². The molecular weight excluding hydrogens is 318 g/mol. The van der Waals surface area contributed by atoms with Crippen molar-refractivity contribution in [1.29, 1.82) is 0 Å². The Balaban J connectivity index is 2.52. The standard InChI is InChI=1S/C11H10BrClF3N/c12-7-6(5-3-1-2-4-17-5)9(14)11(16)8(13)10(7)15/h5,17H,1-4H2. The molecule has 6 heteroatoms. The van der Waals surface area contributed by atoms with Gasteiger partial charge in [-0.2, -0.15) is 0 Å². The number of halogens is 5. The maximum atomic E-state index is 13.8. The summed E-state index contributed by atoms with van der Waals surface area (Å²) in [6, 6.07) is -0.376. The van der Waals surface area contributed by atoms with Gasteiger partial charge in [-0.3, -0.25) is 0 Å². The third-order valence-electron chi connectivity index (χ3n) is 2.90. The summed E-state index contributed by atoms with van der Waals surface area (Å²) in [7, 11) is 0. The summed E-state index contributed by atoms with van der Waals surface area (Å²) in [5.74, 6) is -3.36. The van der Waals surface area contributed by atoms with E-state index >= 15 is 0 Å². The van der Waals surface area contributed by atoms with E-state index < -0.39 is 22.5 Å². The number of hydrogen-bond acceptors (Lipinski definition) is 1. The Labute approximate surface area is 110 Å². The van der Waals surface area contributed by atoms with Crippen LogP contribution in [-0.4, -0.2) is 6.54 Å². The van der Waals surface area contributed by atoms with Crippen LogP contribution >= 0.6 is 27.5 Å². The zero-order valence-electron chi connectivity index (χ0n) is 8.80. The molecule has 0 bridgehead atoms. The molecule has 2 rings (SSSR count). The van der Waals surface area contributed by atoms with Gasteiger partial charge in [-0.05, 0) is 35.3 Å². The van der Waals surface area contributed by atoms with E-state index in [1.807, 2.05) is 0 Å². The second-order valence-electron chi connectivity index (χ2n) is 3.99. The molecule has 1 fully saturated rings. The van der Waals surface area contributed by atoms with Gasteiger partial charge in [0.15, 0.2) is 17.5 Å². The molecule has 17 heavy (non-hydrogen) atoms. The number of rotatable bonds is 1. The zero-order chi connectivity index (χ0) is 12.6. The molecule has 0 saturated carbocycles. The van der Waals surface area contributed by atoms with Gasteiger partial charge in [-0.1, -0.05) is 18.0 Å². The van der Waals surface area contributed by atoms with Crippen LogP contribution in [0.15, 0.2) is 4.47 Å². The number of nitrogens with one attached hydrogen (secondary N) is 1. The van der Waals surface area contributed by atoms with Crippen LogP contribution in [0.5, 0.6) is 0 Å². The van der Waals surface area contributed by atoms with Crippen molar-refractivity contribution in [2.24, 2.45) is 0 Å². The molecule has 1 N–H and O–H groups in total. The van der Waals surface area contributed by atoms with Crippen LogP contribution in [0.1, 0.15) is 30.9 Å². The van der Waals surface area contributed by atoms with Gasteiger partial charge in [-0.15, -0.1) is 0 Å². The van der Waals surface area contributed by atoms with Crippen molar-refractivity contribution in [3.05, 3.63) is 32.5 Å². The minimum Gasteiger partial charge on any atom is -0.310 e. The molecule has 1 aliphatic rings. The third kappa shape index (κ3) is 2.33. The maximum Gasteiger partial charge on any atom is 0.180 e. The van der Waals surface area contributed by atoms with Crippen LogP contribution in [0.4, 0.5) is 13.2 Å². The van der Waals surface area contributed by atoms with Crippen molar-refractivity contribution in [3.63, 3.8) is 0 Å². The lowest BCUT2D eigenvalue weighted by atomic mass is 9.97. The first-order chi connectivity index (χ1) is 8.04. The summed E-state index contributed by atoms with van der Waals surface area (Å²) in [5.41, 5.74) is -0.0101. The van der Waals surface area contributed by atoms with E-state index in [0.29, 0.717) is 13.0 Å². The van der Waals surface area contributed by atoms with Crippen LogP contribution < -0.4 is 5.32 Å². The smallest absolute Gasteiger partial charge is 0.180 e. The number of benzene rings is 1. The highest BCUT2D eigenvalue weighted by atomic mass is 79.9. The lowest BCUT2D eigenvalue weighted by Gasteiger charge is -2.25. The summed E-state index contributed by atoms with van der Waals surface area (Å²) in [6.45, 7) is 0.711. The van der Waals surface area contributed by atoms with Crippen molar-refractivity contribution < 1.29 is 13.2 Å². The molecule has 1 heterocycles. The van der Waals surface area contributed by atoms with Gasteiger partial charge in [0.05, 0.1) is 4.47 Å². The van der Waals surface area contributed by atoms with Crippen molar-refractivity contribution >= 4 is 27.5 Å². The number of piperidine rings is 1. The van der Waals surface area contributed by atoms with Crippen molar-refractivity contribution in [1.82, 2.24) is 5.32 Å². The molecule has 0 aliphatic carbocycles. The van der Waals surface area contributed by atoms with Crippen LogP contribution in [0.25, 0.3) is 0 Å². The van der Waals surface area contributed by atoms with E-state index in [4.69, 9.17) is 11.6 Å². The van der Waals surface area contributed by atoms with Gasteiger partial charge < -0.3 is 5.32 Å². The molecule has 1 atom stereocenters. The molecule has 1 aromatic rings. The van der Waals surface area contributed by atoms with Crippen LogP contribution in [-0.2, 0) is 0 Å². The first kappa shape index (κ1) is 13.2. The highest BCUT2D eigenvalue weighted by molar-refractivity contribution is 9.10. The van der Waals surface area contributed by atoms with Crippen LogP contribution in [0.3, 0.4) is 0 Å². The molecule has 0 spiro atoms. The number of hydrogen-bond donors (Lipinski definition) is 1. The van der Waals surface area contributed by atoms with Crippen molar-refractivity contribution in [2.45, 2.75) is 25.3 Å². The van der Waals surface area contributed by atoms with Crippen LogP contribution in [0, 0.1) is 17.5 Å². The second kappa shape index (κ2) is 5.16. The fourth-order valence-corrected chi connectivity index (χ4v) is 2.97. The molecular formula is C11H10BrClF3N. The molecule has 1 saturated heterocycles. The fourth-order valence-electron chi connectivity index (χ4n) is 2.03. The Morgan fingerprint density at radius 2 is 1.82 bits per heavy atom. The normalized spacial score (nSPS) is 20.6. The summed E-state index contributed by atoms with van der Waals surface area (Å²) < 4.78 is 40.7. The van der Waals surface area contributed by atoms with E-state index in [1.165, 1.54) is 0 Å². The van der Waals surface area contributed by atoms with Gasteiger partial charge in [0.2, 0.25) is 0 Å². The highest BCUT2D eigenvalue weighted by Gasteiger charge is 2.28. The third-order valence-corrected chi connectivity index (χ3v) is 4.01. The predicted octanol–water partition coefficient (Wildman–Crippen LogP) is 4.33. The summed E-state index contributed by atoms with van der Waals surface area (Å²) >= 11 is 8.30. The molecule has 0 radical (unpaired) electrons. The van der Waals surface area contributed by atoms with E-state index in [9.17, 15) is 13.2 Å². The molecule has 1 aromatic carbocycles. The minimum absolute atomic E-state index is 0.0101. The molecule has 1 unspecified atom stereocenters. The van der Waals surface area contributed by atoms with Gasteiger partial charge >= 0.3 is 0 Å². The average molecular weight is 329 g/mol. The maximum absolute atomic E-state index is 13.8. The van der Waals surface area contributed by atoms with Gasteiger partial charge in [0.25, 0.3) is 0 Å². The molecule has 0 amide bonds. The lowest BCUT2D eigenvalue weighted by molar-refractivity contribution is 0.385. The largest absolute Gasteiger partial charge is 0.310 e. The Hall–Kier alpha value is -0.260. The second-order valence-corrected chi connectivity index (χ2v) is 5.16. The molecule has 94 valence electrons. The molecule has 1 aliphatic heterocycles. The van der Waals surface area contributed by atoms with Gasteiger partial charge in [-0.25, -0.2) is 13.2 Å². The summed E-state index contributed by atoms with van der Waals surface area (Å²) in [6.07, 6.45) is 2.53. The first-order valence-corrected chi connectivity index (χ1v) is 6.46. The summed E-state index contributed by atoms with van der Waals surface area (Å²) in [5, 5.41) is 2.23. The van der Waals surface area contributed by atoms with E-state index in [-0.39, 0.29) is 16.1 Å². The lowest BCUT2D eigenvalue weighted by Crippen LogP contribution is -2.28. The van der Waals surface area contributed by atoms with E-state index in [0.717, 1.165) is 12.8 Å². The monoisotopic (exact) mass is 327 g/mol. The SMILES string of the molecule is Fc1c(F)c(C2CCCCN2)c(Br)c(F)c1Cl. The molecule has 0 aromatic heterocycles. The Morgan fingerprint density at radius 3 is 2.41 bits per heavy atom. The van der Waals surface area contributed by atoms with Crippen LogP contribution in [0.2, 0.25) is 5.02 Å². The average Bonchev–Trinajstić information content (AvgIpc) is 2.36. The Kier molecular flexibility index (Phi) is 4.00. The first-order valence-electron chi connectivity index (χ1n) is 5.28. The quantitative estimate of drug-likeness (QED) is 0.597. The Morgan fingerprint density at radius 1 is 1.12 bits per heavy atom. The summed E-state index contributed by atoms with van der Waals surface area (Å²) in [4.78, 5) is 0. The molecule has 1 nitrogen and oxygen atoms in total. The Bertz CT molecular complexity index is 418. The minimum atomic E-state index is -1.32. The fraction of sp³-hybridized carbons (Fsp3) is 0.455. The van der Waals surface area contributed by atoms with E-state index in [1.54, 1.807) is 0 Å².